The molecule has 5 heteroatoms. The topological polar surface area (TPSA) is 57.4 Å². The number of halogens is 1. The molecule has 0 amide bonds. The van der Waals surface area contributed by atoms with Crippen LogP contribution in [0.3, 0.4) is 0 Å². The zero-order valence-corrected chi connectivity index (χ0v) is 16.1. The molecule has 3 aromatic rings. The number of methoxy groups -OCH3 is 1. The van der Waals surface area contributed by atoms with Crippen molar-refractivity contribution in [3.8, 4) is 0 Å². The van der Waals surface area contributed by atoms with Crippen LogP contribution in [0.15, 0.2) is 48.5 Å². The molecule has 1 atom stereocenters. The Morgan fingerprint density at radius 2 is 1.96 bits per heavy atom. The number of benzene rings is 2. The van der Waals surface area contributed by atoms with Gasteiger partial charge in [-0.1, -0.05) is 23.8 Å². The third-order valence-corrected chi connectivity index (χ3v) is 5.31. The summed E-state index contributed by atoms with van der Waals surface area (Å²) < 4.78 is 12.7. The Hall–Kier alpha value is -2.12. The Morgan fingerprint density at radius 1 is 1.16 bits per heavy atom. The minimum atomic E-state index is -0.513. The average Bonchev–Trinajstić information content (AvgIpc) is 2.62. The van der Waals surface area contributed by atoms with E-state index in [0.29, 0.717) is 11.4 Å². The number of rotatable bonds is 2. The van der Waals surface area contributed by atoms with E-state index in [1.807, 2.05) is 30.3 Å². The van der Waals surface area contributed by atoms with Gasteiger partial charge in [0.15, 0.2) is 0 Å². The van der Waals surface area contributed by atoms with Gasteiger partial charge in [0.25, 0.3) is 0 Å². The summed E-state index contributed by atoms with van der Waals surface area (Å²) in [5, 5.41) is 1.08. The lowest BCUT2D eigenvalue weighted by Gasteiger charge is -2.28. The number of para-hydroxylation sites is 1. The van der Waals surface area contributed by atoms with Crippen LogP contribution in [0.4, 0.5) is 5.69 Å². The Labute approximate surface area is 159 Å². The van der Waals surface area contributed by atoms with E-state index in [9.17, 15) is 0 Å². The number of aromatic nitrogens is 1. The highest BCUT2D eigenvalue weighted by Crippen LogP contribution is 2.45. The molecule has 0 spiro atoms. The van der Waals surface area contributed by atoms with Crippen LogP contribution in [0.1, 0.15) is 28.7 Å². The summed E-state index contributed by atoms with van der Waals surface area (Å²) in [4.78, 5) is 4.88. The molecule has 1 aliphatic heterocycles. The molecule has 2 N–H and O–H groups in total. The third-order valence-electron chi connectivity index (χ3n) is 4.31. The Kier molecular flexibility index (Phi) is 4.13. The van der Waals surface area contributed by atoms with Gasteiger partial charge in [0.1, 0.15) is 5.76 Å². The first kappa shape index (κ1) is 16.4. The summed E-state index contributed by atoms with van der Waals surface area (Å²) in [7, 11) is 1.64. The second kappa shape index (κ2) is 6.31. The number of nitrogens with zero attached hydrogens (tertiary/aromatic N) is 1. The van der Waals surface area contributed by atoms with Crippen LogP contribution in [0.5, 0.6) is 0 Å². The standard InChI is InChI=1S/C20H17IN2O2/c1-11-7-8-16-12(9-11)10-14-18(23-16)17(21)19(25-20(14)24-2)13-5-3-4-6-15(13)22/h3-10,20H,22H2,1-2H3. The number of aryl methyl sites for hydroxylation is 1. The summed E-state index contributed by atoms with van der Waals surface area (Å²) in [6, 6.07) is 16.0. The number of pyridine rings is 1. The number of nitrogens with two attached hydrogens (primary N) is 1. The minimum absolute atomic E-state index is 0.513. The molecule has 25 heavy (non-hydrogen) atoms. The number of hydrogen-bond acceptors (Lipinski definition) is 4. The van der Waals surface area contributed by atoms with E-state index in [1.165, 1.54) is 5.56 Å². The highest BCUT2D eigenvalue weighted by Gasteiger charge is 2.30. The number of ether oxygens (including phenoxy) is 2. The molecule has 2 aromatic carbocycles. The smallest absolute Gasteiger partial charge is 0.228 e. The lowest BCUT2D eigenvalue weighted by Crippen LogP contribution is -2.15. The minimum Gasteiger partial charge on any atom is -0.459 e. The molecule has 4 rings (SSSR count). The molecule has 0 aliphatic carbocycles. The van der Waals surface area contributed by atoms with E-state index in [2.05, 4.69) is 47.7 Å². The maximum Gasteiger partial charge on any atom is 0.228 e. The van der Waals surface area contributed by atoms with E-state index in [-0.39, 0.29) is 0 Å². The molecule has 0 saturated carbocycles. The molecular formula is C20H17IN2O2. The molecule has 126 valence electrons. The normalized spacial score (nSPS) is 16.7. The van der Waals surface area contributed by atoms with Crippen LogP contribution in [-0.2, 0) is 9.47 Å². The SMILES string of the molecule is COC1OC(c2ccccc2N)=C(I)c2nc3ccc(C)cc3cc21. The first-order chi connectivity index (χ1) is 12.1. The number of anilines is 1. The Balaban J connectivity index is 1.98. The van der Waals surface area contributed by atoms with Gasteiger partial charge in [0.2, 0.25) is 6.29 Å². The quantitative estimate of drug-likeness (QED) is 0.444. The van der Waals surface area contributed by atoms with Crippen molar-refractivity contribution < 1.29 is 9.47 Å². The van der Waals surface area contributed by atoms with Crippen molar-refractivity contribution in [1.29, 1.82) is 0 Å². The second-order valence-electron chi connectivity index (χ2n) is 6.04. The van der Waals surface area contributed by atoms with Crippen LogP contribution in [0, 0.1) is 6.92 Å². The van der Waals surface area contributed by atoms with E-state index < -0.39 is 6.29 Å². The second-order valence-corrected chi connectivity index (χ2v) is 7.12. The van der Waals surface area contributed by atoms with Crippen molar-refractivity contribution in [2.24, 2.45) is 0 Å². The molecule has 1 unspecified atom stereocenters. The summed E-state index contributed by atoms with van der Waals surface area (Å²) in [5.41, 5.74) is 11.6. The van der Waals surface area contributed by atoms with Gasteiger partial charge in [-0.2, -0.15) is 0 Å². The van der Waals surface area contributed by atoms with Crippen molar-refractivity contribution in [2.75, 3.05) is 12.8 Å². The van der Waals surface area contributed by atoms with Gasteiger partial charge in [-0.3, -0.25) is 0 Å². The molecule has 1 aliphatic rings. The monoisotopic (exact) mass is 444 g/mol. The van der Waals surface area contributed by atoms with Gasteiger partial charge in [0.05, 0.1) is 14.8 Å². The van der Waals surface area contributed by atoms with Gasteiger partial charge < -0.3 is 15.2 Å². The number of hydrogen-bond donors (Lipinski definition) is 1. The van der Waals surface area contributed by atoms with Crippen molar-refractivity contribution in [1.82, 2.24) is 4.98 Å². The van der Waals surface area contributed by atoms with Crippen LogP contribution < -0.4 is 5.73 Å². The molecule has 0 radical (unpaired) electrons. The van der Waals surface area contributed by atoms with Gasteiger partial charge in [-0.15, -0.1) is 0 Å². The van der Waals surface area contributed by atoms with Crippen molar-refractivity contribution in [3.63, 3.8) is 0 Å². The first-order valence-corrected chi connectivity index (χ1v) is 9.02. The predicted octanol–water partition coefficient (Wildman–Crippen LogP) is 5.06. The summed E-state index contributed by atoms with van der Waals surface area (Å²) in [6.07, 6.45) is -0.513. The summed E-state index contributed by atoms with van der Waals surface area (Å²) in [5.74, 6) is 0.706. The largest absolute Gasteiger partial charge is 0.459 e. The molecular weight excluding hydrogens is 427 g/mol. The van der Waals surface area contributed by atoms with E-state index in [4.69, 9.17) is 20.2 Å². The van der Waals surface area contributed by atoms with Gasteiger partial charge in [-0.25, -0.2) is 4.98 Å². The highest BCUT2D eigenvalue weighted by molar-refractivity contribution is 14.1. The van der Waals surface area contributed by atoms with E-state index in [1.54, 1.807) is 7.11 Å². The predicted molar refractivity (Wildman–Crippen MR) is 109 cm³/mol. The summed E-state index contributed by atoms with van der Waals surface area (Å²) >= 11 is 2.28. The van der Waals surface area contributed by atoms with Crippen molar-refractivity contribution >= 4 is 48.5 Å². The fraction of sp³-hybridized carbons (Fsp3) is 0.150. The van der Waals surface area contributed by atoms with Crippen LogP contribution in [-0.4, -0.2) is 12.1 Å². The van der Waals surface area contributed by atoms with Crippen molar-refractivity contribution in [3.05, 3.63) is 70.9 Å². The molecule has 0 fully saturated rings. The van der Waals surface area contributed by atoms with Crippen LogP contribution in [0.2, 0.25) is 0 Å². The lowest BCUT2D eigenvalue weighted by molar-refractivity contribution is -0.0767. The molecule has 0 saturated heterocycles. The van der Waals surface area contributed by atoms with Crippen LogP contribution >= 0.6 is 22.6 Å². The molecule has 2 heterocycles. The first-order valence-electron chi connectivity index (χ1n) is 7.94. The Bertz CT molecular complexity index is 1010. The molecule has 1 aromatic heterocycles. The maximum absolute atomic E-state index is 6.15. The Morgan fingerprint density at radius 3 is 2.72 bits per heavy atom. The van der Waals surface area contributed by atoms with Gasteiger partial charge >= 0.3 is 0 Å². The average molecular weight is 444 g/mol. The fourth-order valence-corrected chi connectivity index (χ4v) is 3.91. The lowest BCUT2D eigenvalue weighted by atomic mass is 10.0. The van der Waals surface area contributed by atoms with Gasteiger partial charge in [-0.05, 0) is 59.8 Å². The maximum atomic E-state index is 6.15. The fourth-order valence-electron chi connectivity index (χ4n) is 3.06. The van der Waals surface area contributed by atoms with Crippen LogP contribution in [0.25, 0.3) is 20.2 Å². The van der Waals surface area contributed by atoms with E-state index >= 15 is 0 Å². The summed E-state index contributed by atoms with van der Waals surface area (Å²) in [6.45, 7) is 2.07. The molecule has 4 nitrogen and oxygen atoms in total. The van der Waals surface area contributed by atoms with E-state index in [0.717, 1.165) is 31.3 Å². The zero-order valence-electron chi connectivity index (χ0n) is 13.9. The number of nitrogen functional groups attached to an aromatic ring is 1. The highest BCUT2D eigenvalue weighted by atomic mass is 127. The zero-order chi connectivity index (χ0) is 17.6. The van der Waals surface area contributed by atoms with Gasteiger partial charge in [0, 0.05) is 29.3 Å². The molecule has 0 bridgehead atoms. The number of fused-ring (bicyclic) bond motifs is 2. The third kappa shape index (κ3) is 2.77. The van der Waals surface area contributed by atoms with Crippen molar-refractivity contribution in [2.45, 2.75) is 13.2 Å².